The maximum Gasteiger partial charge on any atom is 0.341 e. The SMILES string of the molecule is COC(=O)c1ccccc1Oc1nc(Nc2ccc(N3CCOCC3)cc2)ncc1Br. The second-order valence-electron chi connectivity index (χ2n) is 6.71. The van der Waals surface area contributed by atoms with Gasteiger partial charge in [0.05, 0.1) is 31.0 Å². The Labute approximate surface area is 188 Å². The van der Waals surface area contributed by atoms with Crippen LogP contribution in [0.25, 0.3) is 0 Å². The van der Waals surface area contributed by atoms with E-state index in [2.05, 4.69) is 48.2 Å². The van der Waals surface area contributed by atoms with E-state index in [1.165, 1.54) is 7.11 Å². The smallest absolute Gasteiger partial charge is 0.341 e. The molecule has 160 valence electrons. The third-order valence-electron chi connectivity index (χ3n) is 4.71. The fourth-order valence-corrected chi connectivity index (χ4v) is 3.40. The Kier molecular flexibility index (Phi) is 6.63. The second kappa shape index (κ2) is 9.76. The lowest BCUT2D eigenvalue weighted by atomic mass is 10.2. The topological polar surface area (TPSA) is 85.8 Å². The van der Waals surface area contributed by atoms with Gasteiger partial charge < -0.3 is 24.4 Å². The predicted octanol–water partition coefficient (Wildman–Crippen LogP) is 4.40. The summed E-state index contributed by atoms with van der Waals surface area (Å²) >= 11 is 3.40. The number of morpholine rings is 1. The molecule has 0 unspecified atom stereocenters. The number of carbonyl (C=O) groups excluding carboxylic acids is 1. The van der Waals surface area contributed by atoms with Crippen molar-refractivity contribution in [2.45, 2.75) is 0 Å². The maximum absolute atomic E-state index is 12.0. The van der Waals surface area contributed by atoms with Gasteiger partial charge in [0.2, 0.25) is 11.8 Å². The summed E-state index contributed by atoms with van der Waals surface area (Å²) in [4.78, 5) is 23.0. The van der Waals surface area contributed by atoms with Crippen molar-refractivity contribution in [2.75, 3.05) is 43.6 Å². The largest absolute Gasteiger partial charge is 0.465 e. The van der Waals surface area contributed by atoms with Gasteiger partial charge in [0.1, 0.15) is 11.3 Å². The van der Waals surface area contributed by atoms with Gasteiger partial charge in [0.15, 0.2) is 0 Å². The molecular formula is C22H21BrN4O4. The molecule has 0 atom stereocenters. The molecule has 0 aliphatic carbocycles. The number of carbonyl (C=O) groups is 1. The van der Waals surface area contributed by atoms with Crippen LogP contribution in [0.1, 0.15) is 10.4 Å². The standard InChI is InChI=1S/C22H21BrN4O4/c1-29-21(28)17-4-2-3-5-19(17)31-20-18(23)14-24-22(26-20)25-15-6-8-16(9-7-15)27-10-12-30-13-11-27/h2-9,14H,10-13H2,1H3,(H,24,25,26). The van der Waals surface area contributed by atoms with E-state index in [1.807, 2.05) is 12.1 Å². The first-order valence-electron chi connectivity index (χ1n) is 9.71. The highest BCUT2D eigenvalue weighted by molar-refractivity contribution is 9.10. The molecule has 1 aliphatic rings. The molecule has 1 aliphatic heterocycles. The van der Waals surface area contributed by atoms with Crippen LogP contribution in [0.5, 0.6) is 11.6 Å². The highest BCUT2D eigenvalue weighted by atomic mass is 79.9. The maximum atomic E-state index is 12.0. The summed E-state index contributed by atoms with van der Waals surface area (Å²) in [6.07, 6.45) is 1.59. The van der Waals surface area contributed by atoms with Crippen LogP contribution >= 0.6 is 15.9 Å². The Morgan fingerprint density at radius 2 is 1.87 bits per heavy atom. The minimum Gasteiger partial charge on any atom is -0.465 e. The fourth-order valence-electron chi connectivity index (χ4n) is 3.13. The van der Waals surface area contributed by atoms with Gasteiger partial charge in [0.25, 0.3) is 0 Å². The molecule has 1 fully saturated rings. The minimum atomic E-state index is -0.487. The van der Waals surface area contributed by atoms with E-state index in [-0.39, 0.29) is 5.88 Å². The molecule has 2 aromatic carbocycles. The molecule has 1 N–H and O–H groups in total. The van der Waals surface area contributed by atoms with Crippen LogP contribution < -0.4 is 15.0 Å². The van der Waals surface area contributed by atoms with E-state index >= 15 is 0 Å². The number of ether oxygens (including phenoxy) is 3. The molecule has 1 saturated heterocycles. The number of esters is 1. The normalized spacial score (nSPS) is 13.5. The Bertz CT molecular complexity index is 1060. The Morgan fingerprint density at radius 1 is 1.13 bits per heavy atom. The van der Waals surface area contributed by atoms with E-state index < -0.39 is 5.97 Å². The summed E-state index contributed by atoms with van der Waals surface area (Å²) in [5.41, 5.74) is 2.30. The van der Waals surface area contributed by atoms with E-state index in [4.69, 9.17) is 14.2 Å². The Balaban J connectivity index is 1.50. The first-order chi connectivity index (χ1) is 15.1. The lowest BCUT2D eigenvalue weighted by Crippen LogP contribution is -2.36. The molecular weight excluding hydrogens is 464 g/mol. The van der Waals surface area contributed by atoms with E-state index in [0.29, 0.717) is 21.7 Å². The van der Waals surface area contributed by atoms with Crippen LogP contribution in [0.2, 0.25) is 0 Å². The van der Waals surface area contributed by atoms with Gasteiger partial charge in [-0.05, 0) is 52.3 Å². The van der Waals surface area contributed by atoms with Crippen LogP contribution in [-0.2, 0) is 9.47 Å². The summed E-state index contributed by atoms with van der Waals surface area (Å²) in [6, 6.07) is 14.9. The van der Waals surface area contributed by atoms with Crippen molar-refractivity contribution in [3.63, 3.8) is 0 Å². The van der Waals surface area contributed by atoms with Gasteiger partial charge in [-0.2, -0.15) is 4.98 Å². The first kappa shape index (κ1) is 21.1. The summed E-state index contributed by atoms with van der Waals surface area (Å²) < 4.78 is 16.7. The zero-order valence-corrected chi connectivity index (χ0v) is 18.5. The lowest BCUT2D eigenvalue weighted by molar-refractivity contribution is 0.0598. The van der Waals surface area contributed by atoms with Gasteiger partial charge in [-0.1, -0.05) is 12.1 Å². The zero-order valence-electron chi connectivity index (χ0n) is 16.9. The van der Waals surface area contributed by atoms with Crippen molar-refractivity contribution < 1.29 is 19.0 Å². The third kappa shape index (κ3) is 5.12. The molecule has 0 saturated carbocycles. The molecule has 0 bridgehead atoms. The number of nitrogens with zero attached hydrogens (tertiary/aromatic N) is 3. The van der Waals surface area contributed by atoms with Crippen LogP contribution in [0.4, 0.5) is 17.3 Å². The van der Waals surface area contributed by atoms with Crippen molar-refractivity contribution >= 4 is 39.2 Å². The predicted molar refractivity (Wildman–Crippen MR) is 120 cm³/mol. The molecule has 9 heteroatoms. The summed E-state index contributed by atoms with van der Waals surface area (Å²) in [5, 5.41) is 3.18. The number of benzene rings is 2. The van der Waals surface area contributed by atoms with Crippen LogP contribution in [0.15, 0.2) is 59.2 Å². The zero-order chi connectivity index (χ0) is 21.6. The number of para-hydroxylation sites is 1. The number of nitrogens with one attached hydrogen (secondary N) is 1. The number of hydrogen-bond donors (Lipinski definition) is 1. The lowest BCUT2D eigenvalue weighted by Gasteiger charge is -2.28. The van der Waals surface area contributed by atoms with Crippen LogP contribution in [0, 0.1) is 0 Å². The molecule has 0 amide bonds. The molecule has 0 radical (unpaired) electrons. The average Bonchev–Trinajstić information content (AvgIpc) is 2.82. The van der Waals surface area contributed by atoms with Crippen molar-refractivity contribution in [2.24, 2.45) is 0 Å². The number of rotatable bonds is 6. The second-order valence-corrected chi connectivity index (χ2v) is 7.56. The minimum absolute atomic E-state index is 0.277. The quantitative estimate of drug-likeness (QED) is 0.515. The summed E-state index contributed by atoms with van der Waals surface area (Å²) in [6.45, 7) is 3.26. The van der Waals surface area contributed by atoms with Crippen molar-refractivity contribution in [3.05, 3.63) is 64.8 Å². The van der Waals surface area contributed by atoms with Crippen LogP contribution in [0.3, 0.4) is 0 Å². The number of halogens is 1. The monoisotopic (exact) mass is 484 g/mol. The highest BCUT2D eigenvalue weighted by Crippen LogP contribution is 2.31. The van der Waals surface area contributed by atoms with Gasteiger partial charge in [-0.3, -0.25) is 0 Å². The van der Waals surface area contributed by atoms with Gasteiger partial charge in [-0.25, -0.2) is 9.78 Å². The highest BCUT2D eigenvalue weighted by Gasteiger charge is 2.16. The number of anilines is 3. The first-order valence-corrected chi connectivity index (χ1v) is 10.5. The molecule has 8 nitrogen and oxygen atoms in total. The average molecular weight is 485 g/mol. The molecule has 0 spiro atoms. The van der Waals surface area contributed by atoms with Gasteiger partial charge >= 0.3 is 5.97 Å². The number of hydrogen-bond acceptors (Lipinski definition) is 8. The van der Waals surface area contributed by atoms with Crippen LogP contribution in [-0.4, -0.2) is 49.4 Å². The molecule has 2 heterocycles. The van der Waals surface area contributed by atoms with Gasteiger partial charge in [-0.15, -0.1) is 0 Å². The molecule has 1 aromatic heterocycles. The summed E-state index contributed by atoms with van der Waals surface area (Å²) in [5.74, 6) is 0.501. The van der Waals surface area contributed by atoms with E-state index in [0.717, 1.165) is 37.7 Å². The van der Waals surface area contributed by atoms with Crippen molar-refractivity contribution in [3.8, 4) is 11.6 Å². The molecule has 4 rings (SSSR count). The molecule has 3 aromatic rings. The van der Waals surface area contributed by atoms with E-state index in [1.54, 1.807) is 30.5 Å². The molecule has 31 heavy (non-hydrogen) atoms. The summed E-state index contributed by atoms with van der Waals surface area (Å²) in [7, 11) is 1.33. The van der Waals surface area contributed by atoms with Gasteiger partial charge in [0, 0.05) is 24.5 Å². The number of aromatic nitrogens is 2. The van der Waals surface area contributed by atoms with Crippen molar-refractivity contribution in [1.29, 1.82) is 0 Å². The fraction of sp³-hybridized carbons (Fsp3) is 0.227. The number of methoxy groups -OCH3 is 1. The Hall–Kier alpha value is -3.17. The Morgan fingerprint density at radius 3 is 2.61 bits per heavy atom. The third-order valence-corrected chi connectivity index (χ3v) is 5.25. The van der Waals surface area contributed by atoms with E-state index in [9.17, 15) is 4.79 Å². The van der Waals surface area contributed by atoms with Crippen molar-refractivity contribution in [1.82, 2.24) is 9.97 Å².